The lowest BCUT2D eigenvalue weighted by Crippen LogP contribution is -2.43. The Kier molecular flexibility index (Phi) is 4.34. The molecule has 23 heavy (non-hydrogen) atoms. The van der Waals surface area contributed by atoms with Crippen LogP contribution in [0.15, 0.2) is 34.9 Å². The number of aromatic nitrogens is 1. The molecule has 0 fully saturated rings. The maximum atomic E-state index is 12.5. The topological polar surface area (TPSA) is 78.6 Å². The first-order valence-electron chi connectivity index (χ1n) is 7.83. The van der Waals surface area contributed by atoms with E-state index in [0.29, 0.717) is 12.4 Å². The van der Waals surface area contributed by atoms with E-state index >= 15 is 0 Å². The molecule has 1 atom stereocenters. The van der Waals surface area contributed by atoms with Crippen molar-refractivity contribution in [3.05, 3.63) is 47.2 Å². The third kappa shape index (κ3) is 3.07. The van der Waals surface area contributed by atoms with Crippen molar-refractivity contribution in [2.75, 3.05) is 18.5 Å². The summed E-state index contributed by atoms with van der Waals surface area (Å²) in [7, 11) is 0. The molecular formula is C17H21N3O3. The summed E-state index contributed by atoms with van der Waals surface area (Å²) in [5.74, 6) is 1.33. The standard InChI is InChI=1S/C17H21N3O3/c1-11(2)15-9-16(19-23-15)18-17(22)20-8-7-12-5-3-4-6-13(12)14(20)10-21/h3-6,9,11,14,21H,7-8,10H2,1-2H3,(H,18,19,22)/t14-/m0/s1. The second kappa shape index (κ2) is 6.42. The first-order valence-corrected chi connectivity index (χ1v) is 7.83. The van der Waals surface area contributed by atoms with Gasteiger partial charge >= 0.3 is 6.03 Å². The highest BCUT2D eigenvalue weighted by Gasteiger charge is 2.30. The predicted octanol–water partition coefficient (Wildman–Crippen LogP) is 2.92. The SMILES string of the molecule is CC(C)c1cc(NC(=O)N2CCc3ccccc3[C@@H]2CO)no1. The number of hydrogen-bond acceptors (Lipinski definition) is 4. The number of hydrogen-bond donors (Lipinski definition) is 2. The van der Waals surface area contributed by atoms with Gasteiger partial charge in [0, 0.05) is 18.5 Å². The number of rotatable bonds is 3. The van der Waals surface area contributed by atoms with Crippen LogP contribution in [0.5, 0.6) is 0 Å². The summed E-state index contributed by atoms with van der Waals surface area (Å²) in [6.07, 6.45) is 0.774. The molecule has 2 aromatic rings. The number of benzene rings is 1. The summed E-state index contributed by atoms with van der Waals surface area (Å²) in [4.78, 5) is 14.2. The Hall–Kier alpha value is -2.34. The highest BCUT2D eigenvalue weighted by molar-refractivity contribution is 5.88. The normalized spacial score (nSPS) is 17.2. The first kappa shape index (κ1) is 15.6. The van der Waals surface area contributed by atoms with E-state index in [-0.39, 0.29) is 24.6 Å². The number of fused-ring (bicyclic) bond motifs is 1. The van der Waals surface area contributed by atoms with Gasteiger partial charge in [0.15, 0.2) is 5.82 Å². The molecule has 0 saturated heterocycles. The van der Waals surface area contributed by atoms with Crippen LogP contribution in [0.4, 0.5) is 10.6 Å². The smallest absolute Gasteiger partial charge is 0.323 e. The van der Waals surface area contributed by atoms with Gasteiger partial charge < -0.3 is 14.5 Å². The molecule has 1 aliphatic heterocycles. The lowest BCUT2D eigenvalue weighted by Gasteiger charge is -2.36. The zero-order valence-electron chi connectivity index (χ0n) is 13.3. The second-order valence-corrected chi connectivity index (χ2v) is 6.04. The van der Waals surface area contributed by atoms with Crippen molar-refractivity contribution in [1.82, 2.24) is 10.1 Å². The van der Waals surface area contributed by atoms with Crippen molar-refractivity contribution in [3.8, 4) is 0 Å². The zero-order chi connectivity index (χ0) is 16.4. The van der Waals surface area contributed by atoms with E-state index in [2.05, 4.69) is 10.5 Å². The van der Waals surface area contributed by atoms with Crippen LogP contribution in [0, 0.1) is 0 Å². The number of carbonyl (C=O) groups is 1. The number of aliphatic hydroxyl groups excluding tert-OH is 1. The fraction of sp³-hybridized carbons (Fsp3) is 0.412. The summed E-state index contributed by atoms with van der Waals surface area (Å²) in [6.45, 7) is 4.44. The summed E-state index contributed by atoms with van der Waals surface area (Å²) >= 11 is 0. The van der Waals surface area contributed by atoms with E-state index < -0.39 is 0 Å². The van der Waals surface area contributed by atoms with E-state index in [4.69, 9.17) is 4.52 Å². The van der Waals surface area contributed by atoms with Gasteiger partial charge in [-0.25, -0.2) is 4.79 Å². The van der Waals surface area contributed by atoms with Gasteiger partial charge in [-0.15, -0.1) is 0 Å². The quantitative estimate of drug-likeness (QED) is 0.913. The molecule has 2 N–H and O–H groups in total. The third-order valence-corrected chi connectivity index (χ3v) is 4.18. The average molecular weight is 315 g/mol. The molecule has 1 aromatic heterocycles. The van der Waals surface area contributed by atoms with Gasteiger partial charge in [-0.05, 0) is 17.5 Å². The molecule has 0 radical (unpaired) electrons. The molecule has 0 spiro atoms. The molecule has 6 nitrogen and oxygen atoms in total. The summed E-state index contributed by atoms with van der Waals surface area (Å²) in [6, 6.07) is 9.02. The van der Waals surface area contributed by atoms with Crippen molar-refractivity contribution in [2.24, 2.45) is 0 Å². The van der Waals surface area contributed by atoms with Crippen LogP contribution >= 0.6 is 0 Å². The van der Waals surface area contributed by atoms with Crippen LogP contribution in [0.1, 0.15) is 42.7 Å². The molecule has 122 valence electrons. The highest BCUT2D eigenvalue weighted by atomic mass is 16.5. The van der Waals surface area contributed by atoms with Crippen LogP contribution in [0.2, 0.25) is 0 Å². The highest BCUT2D eigenvalue weighted by Crippen LogP contribution is 2.30. The fourth-order valence-corrected chi connectivity index (χ4v) is 2.89. The molecule has 2 amide bonds. The van der Waals surface area contributed by atoms with Gasteiger partial charge in [0.25, 0.3) is 0 Å². The second-order valence-electron chi connectivity index (χ2n) is 6.04. The van der Waals surface area contributed by atoms with Crippen LogP contribution < -0.4 is 5.32 Å². The average Bonchev–Trinajstić information content (AvgIpc) is 3.02. The molecule has 0 saturated carbocycles. The Morgan fingerprint density at radius 3 is 2.96 bits per heavy atom. The summed E-state index contributed by atoms with van der Waals surface area (Å²) < 4.78 is 5.19. The fourth-order valence-electron chi connectivity index (χ4n) is 2.89. The van der Waals surface area contributed by atoms with Gasteiger partial charge in [-0.2, -0.15) is 0 Å². The third-order valence-electron chi connectivity index (χ3n) is 4.18. The van der Waals surface area contributed by atoms with Gasteiger partial charge in [-0.3, -0.25) is 5.32 Å². The maximum absolute atomic E-state index is 12.5. The van der Waals surface area contributed by atoms with Crippen molar-refractivity contribution in [2.45, 2.75) is 32.2 Å². The first-order chi connectivity index (χ1) is 11.1. The van der Waals surface area contributed by atoms with Gasteiger partial charge in [-0.1, -0.05) is 43.3 Å². The number of anilines is 1. The van der Waals surface area contributed by atoms with E-state index in [0.717, 1.165) is 17.7 Å². The number of carbonyl (C=O) groups excluding carboxylic acids is 1. The van der Waals surface area contributed by atoms with E-state index in [1.807, 2.05) is 38.1 Å². The molecule has 3 rings (SSSR count). The number of nitrogens with one attached hydrogen (secondary N) is 1. The Morgan fingerprint density at radius 2 is 2.26 bits per heavy atom. The van der Waals surface area contributed by atoms with Crippen LogP contribution in [0.3, 0.4) is 0 Å². The number of aliphatic hydroxyl groups is 1. The van der Waals surface area contributed by atoms with Crippen LogP contribution in [0.25, 0.3) is 0 Å². The maximum Gasteiger partial charge on any atom is 0.323 e. The van der Waals surface area contributed by atoms with E-state index in [1.165, 1.54) is 5.56 Å². The zero-order valence-corrected chi connectivity index (χ0v) is 13.3. The number of amides is 2. The molecule has 1 aromatic carbocycles. The molecule has 0 aliphatic carbocycles. The lowest BCUT2D eigenvalue weighted by atomic mass is 9.93. The molecule has 6 heteroatoms. The van der Waals surface area contributed by atoms with Crippen LogP contribution in [-0.4, -0.2) is 34.3 Å². The van der Waals surface area contributed by atoms with Crippen LogP contribution in [-0.2, 0) is 6.42 Å². The van der Waals surface area contributed by atoms with Gasteiger partial charge in [0.1, 0.15) is 5.76 Å². The minimum Gasteiger partial charge on any atom is -0.394 e. The molecule has 2 heterocycles. The Balaban J connectivity index is 1.76. The summed E-state index contributed by atoms with van der Waals surface area (Å²) in [5, 5.41) is 16.4. The van der Waals surface area contributed by atoms with Gasteiger partial charge in [0.05, 0.1) is 12.6 Å². The minimum absolute atomic E-state index is 0.111. The minimum atomic E-state index is -0.337. The van der Waals surface area contributed by atoms with E-state index in [1.54, 1.807) is 11.0 Å². The van der Waals surface area contributed by atoms with Gasteiger partial charge in [0.2, 0.25) is 0 Å². The number of nitrogens with zero attached hydrogens (tertiary/aromatic N) is 2. The predicted molar refractivity (Wildman–Crippen MR) is 86.3 cm³/mol. The van der Waals surface area contributed by atoms with Crippen molar-refractivity contribution < 1.29 is 14.4 Å². The lowest BCUT2D eigenvalue weighted by molar-refractivity contribution is 0.135. The number of urea groups is 1. The Morgan fingerprint density at radius 1 is 1.48 bits per heavy atom. The molecule has 0 bridgehead atoms. The molecule has 0 unspecified atom stereocenters. The molecule has 1 aliphatic rings. The summed E-state index contributed by atoms with van der Waals surface area (Å²) in [5.41, 5.74) is 2.18. The van der Waals surface area contributed by atoms with E-state index in [9.17, 15) is 9.90 Å². The molecular weight excluding hydrogens is 294 g/mol. The Bertz CT molecular complexity index is 696. The van der Waals surface area contributed by atoms with Crippen molar-refractivity contribution in [3.63, 3.8) is 0 Å². The monoisotopic (exact) mass is 315 g/mol. The van der Waals surface area contributed by atoms with Crippen molar-refractivity contribution >= 4 is 11.8 Å². The van der Waals surface area contributed by atoms with Crippen molar-refractivity contribution in [1.29, 1.82) is 0 Å². The largest absolute Gasteiger partial charge is 0.394 e. The Labute approximate surface area is 135 Å².